The Bertz CT molecular complexity index is 1470. The van der Waals surface area contributed by atoms with Crippen molar-refractivity contribution in [1.82, 2.24) is 19.7 Å². The van der Waals surface area contributed by atoms with E-state index in [0.717, 1.165) is 5.56 Å². The van der Waals surface area contributed by atoms with Crippen LogP contribution in [0.2, 0.25) is 10.0 Å². The zero-order chi connectivity index (χ0) is 22.6. The summed E-state index contributed by atoms with van der Waals surface area (Å²) < 4.78 is 30.3. The third-order valence-electron chi connectivity index (χ3n) is 5.40. The van der Waals surface area contributed by atoms with Crippen LogP contribution in [-0.4, -0.2) is 34.7 Å². The molecule has 12 heteroatoms. The number of sulfonamides is 1. The third kappa shape index (κ3) is 3.31. The summed E-state index contributed by atoms with van der Waals surface area (Å²) in [6.45, 7) is 0.110. The van der Waals surface area contributed by atoms with Crippen LogP contribution in [0.5, 0.6) is 0 Å². The molecule has 0 spiro atoms. The minimum atomic E-state index is -4.00. The van der Waals surface area contributed by atoms with Crippen molar-refractivity contribution in [2.75, 3.05) is 22.3 Å². The molecule has 0 radical (unpaired) electrons. The molecule has 0 bridgehead atoms. The summed E-state index contributed by atoms with van der Waals surface area (Å²) in [6.07, 6.45) is 2.09. The lowest BCUT2D eigenvalue weighted by Gasteiger charge is -2.35. The van der Waals surface area contributed by atoms with Gasteiger partial charge < -0.3 is 11.5 Å². The molecule has 5 rings (SSSR count). The second kappa shape index (κ2) is 7.51. The number of fused-ring (bicyclic) bond motifs is 2. The maximum absolute atomic E-state index is 13.7. The van der Waals surface area contributed by atoms with Crippen molar-refractivity contribution in [3.8, 4) is 0 Å². The number of para-hydroxylation sites is 1. The number of nitrogens with two attached hydrogens (primary N) is 2. The standard InChI is InChI=1S/C20H17Cl2N7O2S/c21-12-5-6-17(15(22)8-12)32(30,31)28-10-13(7-11-3-1-2-4-16(11)28)29-19-14(9-25-29)18(23)26-20(24)27-19/h1-6,8-9,13H,7,10H2,(H4,23,24,26,27). The van der Waals surface area contributed by atoms with Gasteiger partial charge in [-0.15, -0.1) is 0 Å². The zero-order valence-electron chi connectivity index (χ0n) is 16.5. The molecule has 0 fully saturated rings. The van der Waals surface area contributed by atoms with Gasteiger partial charge in [0, 0.05) is 5.02 Å². The maximum atomic E-state index is 13.7. The predicted octanol–water partition coefficient (Wildman–Crippen LogP) is 3.29. The van der Waals surface area contributed by atoms with Gasteiger partial charge in [0.15, 0.2) is 5.65 Å². The van der Waals surface area contributed by atoms with E-state index in [4.69, 9.17) is 34.7 Å². The Morgan fingerprint density at radius 1 is 1.06 bits per heavy atom. The molecular formula is C20H17Cl2N7O2S. The van der Waals surface area contributed by atoms with E-state index < -0.39 is 10.0 Å². The van der Waals surface area contributed by atoms with Crippen LogP contribution >= 0.6 is 23.2 Å². The Morgan fingerprint density at radius 2 is 1.84 bits per heavy atom. The van der Waals surface area contributed by atoms with Gasteiger partial charge in [0.1, 0.15) is 10.7 Å². The van der Waals surface area contributed by atoms with E-state index in [0.29, 0.717) is 28.2 Å². The van der Waals surface area contributed by atoms with Gasteiger partial charge in [-0.1, -0.05) is 41.4 Å². The molecule has 4 aromatic rings. The molecule has 1 aliphatic rings. The van der Waals surface area contributed by atoms with Crippen molar-refractivity contribution in [2.45, 2.75) is 17.4 Å². The van der Waals surface area contributed by atoms with Gasteiger partial charge >= 0.3 is 0 Å². The molecule has 2 aromatic heterocycles. The Kier molecular flexibility index (Phi) is 4.88. The summed E-state index contributed by atoms with van der Waals surface area (Å²) in [5.41, 5.74) is 13.6. The van der Waals surface area contributed by atoms with E-state index in [1.54, 1.807) is 23.0 Å². The Morgan fingerprint density at radius 3 is 2.62 bits per heavy atom. The number of hydrogen-bond donors (Lipinski definition) is 2. The molecule has 2 aromatic carbocycles. The quantitative estimate of drug-likeness (QED) is 0.450. The van der Waals surface area contributed by atoms with Gasteiger partial charge in [0.05, 0.1) is 34.9 Å². The SMILES string of the molecule is Nc1nc(N)c2cnn(C3Cc4ccccc4N(S(=O)(=O)c4ccc(Cl)cc4Cl)C3)c2n1. The smallest absolute Gasteiger partial charge is 0.265 e. The van der Waals surface area contributed by atoms with Crippen LogP contribution in [0.3, 0.4) is 0 Å². The van der Waals surface area contributed by atoms with Crippen LogP contribution in [0, 0.1) is 0 Å². The number of hydrogen-bond acceptors (Lipinski definition) is 7. The summed E-state index contributed by atoms with van der Waals surface area (Å²) in [6, 6.07) is 11.3. The lowest BCUT2D eigenvalue weighted by atomic mass is 10.00. The monoisotopic (exact) mass is 489 g/mol. The topological polar surface area (TPSA) is 133 Å². The van der Waals surface area contributed by atoms with Crippen molar-refractivity contribution >= 4 is 61.7 Å². The van der Waals surface area contributed by atoms with Crippen molar-refractivity contribution in [1.29, 1.82) is 0 Å². The molecule has 0 amide bonds. The number of anilines is 3. The molecule has 4 N–H and O–H groups in total. The van der Waals surface area contributed by atoms with Gasteiger partial charge in [-0.2, -0.15) is 15.1 Å². The van der Waals surface area contributed by atoms with Crippen molar-refractivity contribution < 1.29 is 8.42 Å². The minimum absolute atomic E-state index is 0.0189. The molecule has 32 heavy (non-hydrogen) atoms. The molecule has 0 saturated heterocycles. The molecular weight excluding hydrogens is 473 g/mol. The van der Waals surface area contributed by atoms with Gasteiger partial charge in [0.25, 0.3) is 10.0 Å². The number of nitrogen functional groups attached to an aromatic ring is 2. The first-order valence-corrected chi connectivity index (χ1v) is 11.8. The van der Waals surface area contributed by atoms with Crippen LogP contribution < -0.4 is 15.8 Å². The molecule has 9 nitrogen and oxygen atoms in total. The zero-order valence-corrected chi connectivity index (χ0v) is 18.8. The first-order chi connectivity index (χ1) is 15.3. The lowest BCUT2D eigenvalue weighted by Crippen LogP contribution is -2.41. The summed E-state index contributed by atoms with van der Waals surface area (Å²) in [5, 5.41) is 5.38. The van der Waals surface area contributed by atoms with E-state index in [9.17, 15) is 8.42 Å². The number of rotatable bonds is 3. The Hall–Kier alpha value is -3.08. The van der Waals surface area contributed by atoms with E-state index in [1.807, 2.05) is 12.1 Å². The minimum Gasteiger partial charge on any atom is -0.383 e. The van der Waals surface area contributed by atoms with Gasteiger partial charge in [-0.05, 0) is 36.2 Å². The molecule has 1 unspecified atom stereocenters. The van der Waals surface area contributed by atoms with Crippen LogP contribution in [0.25, 0.3) is 11.0 Å². The molecule has 3 heterocycles. The normalized spacial score (nSPS) is 16.3. The van der Waals surface area contributed by atoms with Crippen LogP contribution in [0.1, 0.15) is 11.6 Å². The van der Waals surface area contributed by atoms with E-state index >= 15 is 0 Å². The summed E-state index contributed by atoms with van der Waals surface area (Å²) in [4.78, 5) is 8.22. The summed E-state index contributed by atoms with van der Waals surface area (Å²) in [7, 11) is -4.00. The highest BCUT2D eigenvalue weighted by Gasteiger charge is 2.36. The molecule has 1 atom stereocenters. The Balaban J connectivity index is 1.65. The second-order valence-electron chi connectivity index (χ2n) is 7.39. The molecule has 0 aliphatic carbocycles. The summed E-state index contributed by atoms with van der Waals surface area (Å²) in [5.74, 6) is 0.234. The average Bonchev–Trinajstić information content (AvgIpc) is 3.16. The number of halogens is 2. The van der Waals surface area contributed by atoms with Crippen LogP contribution in [0.15, 0.2) is 53.6 Å². The van der Waals surface area contributed by atoms with Crippen LogP contribution in [-0.2, 0) is 16.4 Å². The predicted molar refractivity (Wildman–Crippen MR) is 124 cm³/mol. The molecule has 164 valence electrons. The number of aromatic nitrogens is 4. The first-order valence-electron chi connectivity index (χ1n) is 9.57. The maximum Gasteiger partial charge on any atom is 0.265 e. The average molecular weight is 490 g/mol. The van der Waals surface area contributed by atoms with Gasteiger partial charge in [0.2, 0.25) is 5.95 Å². The third-order valence-corrected chi connectivity index (χ3v) is 7.90. The number of nitrogens with zero attached hydrogens (tertiary/aromatic N) is 5. The van der Waals surface area contributed by atoms with Gasteiger partial charge in [-0.3, -0.25) is 4.31 Å². The highest BCUT2D eigenvalue weighted by molar-refractivity contribution is 7.93. The van der Waals surface area contributed by atoms with Crippen molar-refractivity contribution in [3.05, 3.63) is 64.3 Å². The number of benzene rings is 2. The van der Waals surface area contributed by atoms with E-state index in [-0.39, 0.29) is 34.3 Å². The molecule has 1 aliphatic heterocycles. The molecule has 0 saturated carbocycles. The van der Waals surface area contributed by atoms with Gasteiger partial charge in [-0.25, -0.2) is 13.1 Å². The fraction of sp³-hybridized carbons (Fsp3) is 0.150. The van der Waals surface area contributed by atoms with Crippen molar-refractivity contribution in [2.24, 2.45) is 0 Å². The highest BCUT2D eigenvalue weighted by Crippen LogP contribution is 2.38. The highest BCUT2D eigenvalue weighted by atomic mass is 35.5. The fourth-order valence-corrected chi connectivity index (χ4v) is 6.25. The Labute approximate surface area is 193 Å². The van der Waals surface area contributed by atoms with E-state index in [2.05, 4.69) is 15.1 Å². The van der Waals surface area contributed by atoms with Crippen LogP contribution in [0.4, 0.5) is 17.5 Å². The first kappa shape index (κ1) is 20.8. The van der Waals surface area contributed by atoms with Crippen molar-refractivity contribution in [3.63, 3.8) is 0 Å². The summed E-state index contributed by atoms with van der Waals surface area (Å²) >= 11 is 12.2. The second-order valence-corrected chi connectivity index (χ2v) is 10.1. The fourth-order valence-electron chi connectivity index (χ4n) is 3.96. The van der Waals surface area contributed by atoms with E-state index in [1.165, 1.54) is 22.5 Å². The lowest BCUT2D eigenvalue weighted by molar-refractivity contribution is 0.456. The largest absolute Gasteiger partial charge is 0.383 e.